The van der Waals surface area contributed by atoms with Gasteiger partial charge in [0.15, 0.2) is 0 Å². The van der Waals surface area contributed by atoms with Gasteiger partial charge >= 0.3 is 5.97 Å². The van der Waals surface area contributed by atoms with E-state index in [0.717, 1.165) is 5.56 Å². The molecule has 0 aliphatic rings. The van der Waals surface area contributed by atoms with Crippen LogP contribution in [-0.4, -0.2) is 11.6 Å². The molecule has 1 aromatic carbocycles. The van der Waals surface area contributed by atoms with Gasteiger partial charge in [-0.25, -0.2) is 4.79 Å². The van der Waals surface area contributed by atoms with Crippen molar-refractivity contribution in [2.24, 2.45) is 0 Å². The van der Waals surface area contributed by atoms with Gasteiger partial charge in [-0.1, -0.05) is 24.3 Å². The number of nitriles is 1. The summed E-state index contributed by atoms with van der Waals surface area (Å²) in [5, 5.41) is 8.41. The summed E-state index contributed by atoms with van der Waals surface area (Å²) in [6, 6.07) is 9.13. The number of ether oxygens (including phenoxy) is 1. The second-order valence-corrected chi connectivity index (χ2v) is 4.89. The Balaban J connectivity index is 2.71. The van der Waals surface area contributed by atoms with Gasteiger partial charge in [0.2, 0.25) is 0 Å². The van der Waals surface area contributed by atoms with Crippen molar-refractivity contribution in [1.29, 1.82) is 5.26 Å². The Kier molecular flexibility index (Phi) is 4.67. The zero-order chi connectivity index (χ0) is 13.6. The molecule has 0 bridgehead atoms. The number of allylic oxidation sites excluding steroid dienone is 1. The minimum Gasteiger partial charge on any atom is -0.456 e. The lowest BCUT2D eigenvalue weighted by atomic mass is 10.1. The molecule has 3 heteroatoms. The normalized spacial score (nSPS) is 11.2. The van der Waals surface area contributed by atoms with E-state index in [1.165, 1.54) is 0 Å². The van der Waals surface area contributed by atoms with Crippen LogP contribution in [0.2, 0.25) is 0 Å². The SMILES string of the molecule is CC(C)(C)OC(=O)c1ccc(C=CCC#N)cc1. The first kappa shape index (κ1) is 14.0. The molecule has 3 nitrogen and oxygen atoms in total. The summed E-state index contributed by atoms with van der Waals surface area (Å²) >= 11 is 0. The van der Waals surface area contributed by atoms with Crippen LogP contribution in [0.15, 0.2) is 30.3 Å². The Labute approximate surface area is 108 Å². The van der Waals surface area contributed by atoms with Gasteiger partial charge in [0.1, 0.15) is 5.60 Å². The Hall–Kier alpha value is -2.08. The largest absolute Gasteiger partial charge is 0.456 e. The molecule has 0 atom stereocenters. The zero-order valence-corrected chi connectivity index (χ0v) is 10.9. The average molecular weight is 243 g/mol. The van der Waals surface area contributed by atoms with E-state index in [2.05, 4.69) is 0 Å². The molecule has 18 heavy (non-hydrogen) atoms. The third kappa shape index (κ3) is 4.84. The van der Waals surface area contributed by atoms with Crippen LogP contribution in [0.1, 0.15) is 43.1 Å². The summed E-state index contributed by atoms with van der Waals surface area (Å²) in [7, 11) is 0. The molecule has 94 valence electrons. The van der Waals surface area contributed by atoms with Gasteiger partial charge in [-0.15, -0.1) is 0 Å². The van der Waals surface area contributed by atoms with Crippen molar-refractivity contribution in [2.45, 2.75) is 32.8 Å². The smallest absolute Gasteiger partial charge is 0.338 e. The fraction of sp³-hybridized carbons (Fsp3) is 0.333. The van der Waals surface area contributed by atoms with E-state index >= 15 is 0 Å². The van der Waals surface area contributed by atoms with Gasteiger partial charge in [-0.3, -0.25) is 0 Å². The molecule has 1 aromatic rings. The second-order valence-electron chi connectivity index (χ2n) is 4.89. The molecule has 1 rings (SSSR count). The van der Waals surface area contributed by atoms with Crippen LogP contribution in [0.3, 0.4) is 0 Å². The highest BCUT2D eigenvalue weighted by molar-refractivity contribution is 5.89. The molecule has 0 saturated heterocycles. The summed E-state index contributed by atoms with van der Waals surface area (Å²) in [6.45, 7) is 5.51. The first-order valence-corrected chi connectivity index (χ1v) is 5.79. The number of esters is 1. The Morgan fingerprint density at radius 3 is 2.44 bits per heavy atom. The van der Waals surface area contributed by atoms with Crippen LogP contribution < -0.4 is 0 Å². The molecule has 0 heterocycles. The number of rotatable bonds is 3. The minimum atomic E-state index is -0.484. The monoisotopic (exact) mass is 243 g/mol. The van der Waals surface area contributed by atoms with Crippen molar-refractivity contribution in [1.82, 2.24) is 0 Å². The first-order chi connectivity index (χ1) is 8.42. The molecular formula is C15H17NO2. The molecule has 0 spiro atoms. The van der Waals surface area contributed by atoms with Crippen LogP contribution in [0.25, 0.3) is 6.08 Å². The van der Waals surface area contributed by atoms with Gasteiger partial charge in [0.25, 0.3) is 0 Å². The molecule has 0 unspecified atom stereocenters. The van der Waals surface area contributed by atoms with Gasteiger partial charge < -0.3 is 4.74 Å². The van der Waals surface area contributed by atoms with Gasteiger partial charge in [-0.2, -0.15) is 5.26 Å². The number of hydrogen-bond donors (Lipinski definition) is 0. The van der Waals surface area contributed by atoms with Crippen LogP contribution in [0.5, 0.6) is 0 Å². The van der Waals surface area contributed by atoms with E-state index < -0.39 is 5.60 Å². The molecule has 0 aromatic heterocycles. The molecule has 0 amide bonds. The molecule has 0 saturated carbocycles. The number of hydrogen-bond acceptors (Lipinski definition) is 3. The van der Waals surface area contributed by atoms with E-state index in [-0.39, 0.29) is 5.97 Å². The highest BCUT2D eigenvalue weighted by Crippen LogP contribution is 2.13. The van der Waals surface area contributed by atoms with Crippen LogP contribution in [-0.2, 0) is 4.74 Å². The Morgan fingerprint density at radius 1 is 1.33 bits per heavy atom. The molecule has 0 aliphatic heterocycles. The maximum absolute atomic E-state index is 11.7. The van der Waals surface area contributed by atoms with Crippen molar-refractivity contribution in [2.75, 3.05) is 0 Å². The summed E-state index contributed by atoms with van der Waals surface area (Å²) in [4.78, 5) is 11.7. The minimum absolute atomic E-state index is 0.324. The van der Waals surface area contributed by atoms with E-state index in [1.54, 1.807) is 18.2 Å². The van der Waals surface area contributed by atoms with E-state index in [9.17, 15) is 4.79 Å². The first-order valence-electron chi connectivity index (χ1n) is 5.79. The summed E-state index contributed by atoms with van der Waals surface area (Å²) in [5.41, 5.74) is 1.00. The summed E-state index contributed by atoms with van der Waals surface area (Å²) in [5.74, 6) is -0.324. The fourth-order valence-electron chi connectivity index (χ4n) is 1.32. The number of benzene rings is 1. The van der Waals surface area contributed by atoms with Crippen molar-refractivity contribution in [3.63, 3.8) is 0 Å². The van der Waals surface area contributed by atoms with Crippen molar-refractivity contribution >= 4 is 12.0 Å². The predicted molar refractivity (Wildman–Crippen MR) is 70.9 cm³/mol. The molecule has 0 aliphatic carbocycles. The van der Waals surface area contributed by atoms with Crippen LogP contribution >= 0.6 is 0 Å². The highest BCUT2D eigenvalue weighted by atomic mass is 16.6. The summed E-state index contributed by atoms with van der Waals surface area (Å²) < 4.78 is 5.26. The maximum atomic E-state index is 11.7. The van der Waals surface area contributed by atoms with Gasteiger partial charge in [-0.05, 0) is 38.5 Å². The highest BCUT2D eigenvalue weighted by Gasteiger charge is 2.17. The third-order valence-corrected chi connectivity index (χ3v) is 2.06. The lowest BCUT2D eigenvalue weighted by molar-refractivity contribution is 0.00695. The second kappa shape index (κ2) is 6.02. The Morgan fingerprint density at radius 2 is 1.94 bits per heavy atom. The standard InChI is InChI=1S/C15H17NO2/c1-15(2,3)18-14(17)13-9-7-12(8-10-13)6-4-5-11-16/h4,6-10H,5H2,1-3H3. The zero-order valence-electron chi connectivity index (χ0n) is 10.9. The number of carbonyl (C=O) groups is 1. The van der Waals surface area contributed by atoms with Gasteiger partial charge in [0, 0.05) is 0 Å². The number of nitrogens with zero attached hydrogens (tertiary/aromatic N) is 1. The molecule has 0 fully saturated rings. The van der Waals surface area contributed by atoms with Crippen LogP contribution in [0, 0.1) is 11.3 Å². The third-order valence-electron chi connectivity index (χ3n) is 2.06. The Bertz CT molecular complexity index is 473. The van der Waals surface area contributed by atoms with Crippen molar-refractivity contribution in [3.05, 3.63) is 41.5 Å². The maximum Gasteiger partial charge on any atom is 0.338 e. The van der Waals surface area contributed by atoms with E-state index in [0.29, 0.717) is 12.0 Å². The predicted octanol–water partition coefficient (Wildman–Crippen LogP) is 3.57. The van der Waals surface area contributed by atoms with Crippen LogP contribution in [0.4, 0.5) is 0 Å². The lowest BCUT2D eigenvalue weighted by Gasteiger charge is -2.19. The van der Waals surface area contributed by atoms with Crippen molar-refractivity contribution in [3.8, 4) is 6.07 Å². The summed E-state index contributed by atoms with van der Waals surface area (Å²) in [6.07, 6.45) is 4.01. The topological polar surface area (TPSA) is 50.1 Å². The lowest BCUT2D eigenvalue weighted by Crippen LogP contribution is -2.23. The molecule has 0 N–H and O–H groups in total. The fourth-order valence-corrected chi connectivity index (χ4v) is 1.32. The number of carbonyl (C=O) groups excluding carboxylic acids is 1. The van der Waals surface area contributed by atoms with E-state index in [1.807, 2.05) is 45.0 Å². The molecule has 0 radical (unpaired) electrons. The van der Waals surface area contributed by atoms with E-state index in [4.69, 9.17) is 10.00 Å². The quantitative estimate of drug-likeness (QED) is 0.762. The van der Waals surface area contributed by atoms with Gasteiger partial charge in [0.05, 0.1) is 18.1 Å². The average Bonchev–Trinajstić information content (AvgIpc) is 2.28. The molecular weight excluding hydrogens is 226 g/mol. The van der Waals surface area contributed by atoms with Crippen molar-refractivity contribution < 1.29 is 9.53 Å².